The number of ether oxygens (including phenoxy) is 1. The van der Waals surface area contributed by atoms with E-state index in [0.717, 1.165) is 17.0 Å². The number of fused-ring (bicyclic) bond motifs is 1. The van der Waals surface area contributed by atoms with Crippen LogP contribution < -0.4 is 20.7 Å². The Labute approximate surface area is 224 Å². The van der Waals surface area contributed by atoms with Gasteiger partial charge in [-0.2, -0.15) is 0 Å². The zero-order valence-corrected chi connectivity index (χ0v) is 21.7. The summed E-state index contributed by atoms with van der Waals surface area (Å²) in [6.45, 7) is 2.35. The molecular formula is C26H29ClN8O3. The lowest BCUT2D eigenvalue weighted by atomic mass is 10.1. The summed E-state index contributed by atoms with van der Waals surface area (Å²) in [5.41, 5.74) is 9.67. The molecule has 12 heteroatoms. The summed E-state index contributed by atoms with van der Waals surface area (Å²) >= 11 is 6.45. The zero-order chi connectivity index (χ0) is 26.6. The Morgan fingerprint density at radius 3 is 2.76 bits per heavy atom. The quantitative estimate of drug-likeness (QED) is 0.310. The summed E-state index contributed by atoms with van der Waals surface area (Å²) in [5, 5.41) is 12.7. The number of halogens is 1. The topological polar surface area (TPSA) is 134 Å². The summed E-state index contributed by atoms with van der Waals surface area (Å²) < 4.78 is 7.58. The molecule has 0 radical (unpaired) electrons. The molecule has 0 saturated carbocycles. The smallest absolute Gasteiger partial charge is 0.239 e. The maximum Gasteiger partial charge on any atom is 0.239 e. The van der Waals surface area contributed by atoms with Crippen molar-refractivity contribution >= 4 is 40.5 Å². The van der Waals surface area contributed by atoms with E-state index < -0.39 is 6.04 Å². The maximum atomic E-state index is 12.5. The molecule has 5 rings (SSSR count). The van der Waals surface area contributed by atoms with Gasteiger partial charge in [0.25, 0.3) is 0 Å². The monoisotopic (exact) mass is 536 g/mol. The van der Waals surface area contributed by atoms with Crippen molar-refractivity contribution in [1.82, 2.24) is 24.3 Å². The predicted molar refractivity (Wildman–Crippen MR) is 146 cm³/mol. The number of carbonyl (C=O) groups is 1. The van der Waals surface area contributed by atoms with E-state index >= 15 is 0 Å². The van der Waals surface area contributed by atoms with Gasteiger partial charge in [0.15, 0.2) is 0 Å². The number of hydrogen-bond acceptors (Lipinski definition) is 9. The number of imidazole rings is 1. The van der Waals surface area contributed by atoms with Gasteiger partial charge >= 0.3 is 0 Å². The van der Waals surface area contributed by atoms with Crippen LogP contribution in [0.2, 0.25) is 5.02 Å². The highest BCUT2D eigenvalue weighted by Gasteiger charge is 2.25. The molecule has 38 heavy (non-hydrogen) atoms. The van der Waals surface area contributed by atoms with Crippen molar-refractivity contribution < 1.29 is 14.6 Å². The lowest BCUT2D eigenvalue weighted by Gasteiger charge is -2.37. The first-order chi connectivity index (χ1) is 18.5. The molecule has 0 bridgehead atoms. The van der Waals surface area contributed by atoms with Crippen LogP contribution in [0.1, 0.15) is 6.42 Å². The largest absolute Gasteiger partial charge is 0.494 e. The number of nitrogens with one attached hydrogen (secondary N) is 1. The third-order valence-corrected chi connectivity index (χ3v) is 6.83. The van der Waals surface area contributed by atoms with Crippen molar-refractivity contribution in [2.45, 2.75) is 12.5 Å². The van der Waals surface area contributed by atoms with Gasteiger partial charge in [-0.05, 0) is 30.7 Å². The van der Waals surface area contributed by atoms with Crippen molar-refractivity contribution in [2.75, 3.05) is 50.1 Å². The lowest BCUT2D eigenvalue weighted by molar-refractivity contribution is -0.133. The first kappa shape index (κ1) is 25.7. The van der Waals surface area contributed by atoms with Gasteiger partial charge in [-0.25, -0.2) is 15.0 Å². The Morgan fingerprint density at radius 2 is 2.00 bits per heavy atom. The number of benzene rings is 1. The van der Waals surface area contributed by atoms with E-state index in [1.165, 1.54) is 0 Å². The van der Waals surface area contributed by atoms with Crippen LogP contribution in [-0.4, -0.2) is 81.2 Å². The molecule has 0 aliphatic carbocycles. The summed E-state index contributed by atoms with van der Waals surface area (Å²) in [4.78, 5) is 29.8. The number of aromatic nitrogens is 4. The summed E-state index contributed by atoms with van der Waals surface area (Å²) in [6.07, 6.45) is 5.46. The summed E-state index contributed by atoms with van der Waals surface area (Å²) in [5.74, 6) is 0.871. The van der Waals surface area contributed by atoms with Crippen LogP contribution in [0, 0.1) is 0 Å². The van der Waals surface area contributed by atoms with Crippen LogP contribution in [0.5, 0.6) is 5.75 Å². The van der Waals surface area contributed by atoms with Crippen LogP contribution in [0.4, 0.5) is 17.3 Å². The summed E-state index contributed by atoms with van der Waals surface area (Å²) in [7, 11) is 1.61. The normalized spacial score (nSPS) is 14.5. The van der Waals surface area contributed by atoms with Gasteiger partial charge in [-0.15, -0.1) is 0 Å². The standard InChI is InChI=1S/C26H29ClN8O3/c1-38-22-14-17(33-9-11-34(12-10-33)25(37)19(28)7-13-36)5-6-20(22)31-26-30-15-18(27)24(32-26)21-16-29-23-4-2-3-8-35(21)23/h2-6,8,14-16,19,36H,7,9-13,28H2,1H3,(H,30,31,32)/t19-/m0/s1. The Bertz CT molecular complexity index is 1440. The van der Waals surface area contributed by atoms with Gasteiger partial charge in [0.2, 0.25) is 11.9 Å². The van der Waals surface area contributed by atoms with Crippen LogP contribution in [0.3, 0.4) is 0 Å². The average molecular weight is 537 g/mol. The molecule has 1 aliphatic heterocycles. The van der Waals surface area contributed by atoms with Crippen LogP contribution in [-0.2, 0) is 4.79 Å². The third kappa shape index (κ3) is 5.21. The van der Waals surface area contributed by atoms with E-state index in [0.29, 0.717) is 54.3 Å². The highest BCUT2D eigenvalue weighted by Crippen LogP contribution is 2.33. The van der Waals surface area contributed by atoms with E-state index in [9.17, 15) is 4.79 Å². The van der Waals surface area contributed by atoms with Gasteiger partial charge in [0, 0.05) is 50.7 Å². The SMILES string of the molecule is COc1cc(N2CCN(C(=O)[C@@H](N)CCO)CC2)ccc1Nc1ncc(Cl)c(-c2cnc3ccccn23)n1. The first-order valence-electron chi connectivity index (χ1n) is 12.3. The van der Waals surface area contributed by atoms with Crippen molar-refractivity contribution in [3.8, 4) is 17.1 Å². The number of nitrogens with zero attached hydrogens (tertiary/aromatic N) is 6. The number of aliphatic hydroxyl groups excluding tert-OH is 1. The first-order valence-corrected chi connectivity index (χ1v) is 12.7. The fourth-order valence-electron chi connectivity index (χ4n) is 4.50. The van der Waals surface area contributed by atoms with Crippen LogP contribution >= 0.6 is 11.6 Å². The van der Waals surface area contributed by atoms with Crippen molar-refractivity contribution in [3.05, 3.63) is 60.0 Å². The number of piperazine rings is 1. The molecule has 0 unspecified atom stereocenters. The second-order valence-corrected chi connectivity index (χ2v) is 9.31. The number of amides is 1. The van der Waals surface area contributed by atoms with E-state index in [2.05, 4.69) is 25.2 Å². The van der Waals surface area contributed by atoms with Gasteiger partial charge in [0.05, 0.1) is 41.9 Å². The second kappa shape index (κ2) is 11.2. The molecule has 4 heterocycles. The number of pyridine rings is 1. The summed E-state index contributed by atoms with van der Waals surface area (Å²) in [6, 6.07) is 10.9. The number of carbonyl (C=O) groups excluding carboxylic acids is 1. The van der Waals surface area contributed by atoms with Gasteiger partial charge < -0.3 is 30.7 Å². The Kier molecular flexibility index (Phi) is 7.59. The number of rotatable bonds is 8. The molecule has 1 aromatic carbocycles. The number of methoxy groups -OCH3 is 1. The minimum atomic E-state index is -0.666. The molecule has 4 aromatic rings. The molecule has 11 nitrogen and oxygen atoms in total. The molecule has 198 valence electrons. The molecule has 1 saturated heterocycles. The molecule has 1 amide bonds. The number of hydrogen-bond donors (Lipinski definition) is 3. The van der Waals surface area contributed by atoms with Crippen LogP contribution in [0.25, 0.3) is 17.0 Å². The van der Waals surface area contributed by atoms with Gasteiger partial charge in [0.1, 0.15) is 17.1 Å². The highest BCUT2D eigenvalue weighted by molar-refractivity contribution is 6.32. The number of nitrogens with two attached hydrogens (primary N) is 1. The minimum absolute atomic E-state index is 0.101. The average Bonchev–Trinajstić information content (AvgIpc) is 3.38. The Balaban J connectivity index is 1.31. The Morgan fingerprint density at radius 1 is 1.18 bits per heavy atom. The van der Waals surface area contributed by atoms with E-state index in [1.807, 2.05) is 47.0 Å². The number of aliphatic hydroxyl groups is 1. The molecule has 1 atom stereocenters. The van der Waals surface area contributed by atoms with Crippen LogP contribution in [0.15, 0.2) is 55.0 Å². The zero-order valence-electron chi connectivity index (χ0n) is 20.9. The van der Waals surface area contributed by atoms with Crippen molar-refractivity contribution in [3.63, 3.8) is 0 Å². The van der Waals surface area contributed by atoms with E-state index in [4.69, 9.17) is 27.2 Å². The van der Waals surface area contributed by atoms with Crippen molar-refractivity contribution in [1.29, 1.82) is 0 Å². The molecular weight excluding hydrogens is 508 g/mol. The van der Waals surface area contributed by atoms with Crippen molar-refractivity contribution in [2.24, 2.45) is 5.73 Å². The maximum absolute atomic E-state index is 12.5. The molecule has 1 fully saturated rings. The lowest BCUT2D eigenvalue weighted by Crippen LogP contribution is -2.53. The molecule has 0 spiro atoms. The van der Waals surface area contributed by atoms with Gasteiger partial charge in [-0.3, -0.25) is 9.20 Å². The minimum Gasteiger partial charge on any atom is -0.494 e. The molecule has 4 N–H and O–H groups in total. The third-order valence-electron chi connectivity index (χ3n) is 6.55. The fourth-order valence-corrected chi connectivity index (χ4v) is 4.68. The predicted octanol–water partition coefficient (Wildman–Crippen LogP) is 2.56. The van der Waals surface area contributed by atoms with E-state index in [1.54, 1.807) is 24.4 Å². The fraction of sp³-hybridized carbons (Fsp3) is 0.308. The molecule has 3 aromatic heterocycles. The van der Waals surface area contributed by atoms with Gasteiger partial charge in [-0.1, -0.05) is 17.7 Å². The Hall–Kier alpha value is -3.93. The number of anilines is 3. The van der Waals surface area contributed by atoms with E-state index in [-0.39, 0.29) is 18.9 Å². The highest BCUT2D eigenvalue weighted by atomic mass is 35.5. The molecule has 1 aliphatic rings. The second-order valence-electron chi connectivity index (χ2n) is 8.90.